The average Bonchev–Trinajstić information content (AvgIpc) is 3.61. The van der Waals surface area contributed by atoms with Gasteiger partial charge in [0.15, 0.2) is 9.84 Å². The molecule has 6 atom stereocenters. The second kappa shape index (κ2) is 8.73. The van der Waals surface area contributed by atoms with E-state index in [2.05, 4.69) is 0 Å². The highest BCUT2D eigenvalue weighted by Gasteiger charge is 2.70. The predicted molar refractivity (Wildman–Crippen MR) is 142 cm³/mol. The standard InChI is InChI=1S/C30H26N2O4S/c33-37(34)29-25(21-13-5-1-6-14-21)31(23-17-9-3-10-18-23)35-27(29)28-30(37)26(22-15-7-2-8-16-22)32(36-28)24-19-11-4-12-20-24/h1-20,25-30H. The van der Waals surface area contributed by atoms with E-state index in [0.29, 0.717) is 0 Å². The molecule has 3 aliphatic rings. The van der Waals surface area contributed by atoms with Gasteiger partial charge in [0, 0.05) is 0 Å². The number of anilines is 2. The van der Waals surface area contributed by atoms with Gasteiger partial charge in [-0.15, -0.1) is 0 Å². The first kappa shape index (κ1) is 22.5. The van der Waals surface area contributed by atoms with Crippen molar-refractivity contribution in [3.63, 3.8) is 0 Å². The third-order valence-corrected chi connectivity index (χ3v) is 10.2. The number of hydrogen-bond donors (Lipinski definition) is 0. The van der Waals surface area contributed by atoms with Crippen LogP contribution < -0.4 is 10.1 Å². The first-order chi connectivity index (χ1) is 18.1. The Morgan fingerprint density at radius 3 is 1.16 bits per heavy atom. The quantitative estimate of drug-likeness (QED) is 0.373. The molecule has 0 saturated carbocycles. The maximum Gasteiger partial charge on any atom is 0.166 e. The van der Waals surface area contributed by atoms with Crippen LogP contribution in [0, 0.1) is 0 Å². The minimum absolute atomic E-state index is 0.491. The van der Waals surface area contributed by atoms with Crippen molar-refractivity contribution in [3.05, 3.63) is 132 Å². The normalized spacial score (nSPS) is 29.7. The van der Waals surface area contributed by atoms with Crippen LogP contribution in [0.2, 0.25) is 0 Å². The van der Waals surface area contributed by atoms with Crippen LogP contribution in [-0.2, 0) is 19.5 Å². The van der Waals surface area contributed by atoms with Gasteiger partial charge >= 0.3 is 0 Å². The summed E-state index contributed by atoms with van der Waals surface area (Å²) in [4.78, 5) is 13.1. The molecule has 7 heteroatoms. The number of rotatable bonds is 4. The fourth-order valence-electron chi connectivity index (χ4n) is 6.09. The molecule has 0 N–H and O–H groups in total. The molecule has 3 saturated heterocycles. The van der Waals surface area contributed by atoms with E-state index in [1.54, 1.807) is 10.1 Å². The Balaban J connectivity index is 1.37. The Kier molecular flexibility index (Phi) is 5.32. The summed E-state index contributed by atoms with van der Waals surface area (Å²) in [7, 11) is -3.71. The lowest BCUT2D eigenvalue weighted by Gasteiger charge is -2.30. The van der Waals surface area contributed by atoms with Gasteiger partial charge in [-0.3, -0.25) is 9.68 Å². The van der Waals surface area contributed by atoms with Crippen LogP contribution >= 0.6 is 0 Å². The first-order valence-electron chi connectivity index (χ1n) is 12.5. The van der Waals surface area contributed by atoms with Gasteiger partial charge in [-0.2, -0.15) is 0 Å². The zero-order chi connectivity index (χ0) is 25.0. The van der Waals surface area contributed by atoms with Gasteiger partial charge in [0.1, 0.15) is 34.8 Å². The predicted octanol–water partition coefficient (Wildman–Crippen LogP) is 5.28. The van der Waals surface area contributed by atoms with Crippen molar-refractivity contribution >= 4 is 21.2 Å². The van der Waals surface area contributed by atoms with Crippen LogP contribution in [-0.4, -0.2) is 31.1 Å². The fourth-order valence-corrected chi connectivity index (χ4v) is 8.87. The highest BCUT2D eigenvalue weighted by Crippen LogP contribution is 2.56. The van der Waals surface area contributed by atoms with Crippen LogP contribution in [0.4, 0.5) is 11.4 Å². The minimum atomic E-state index is -3.71. The molecule has 4 aromatic carbocycles. The Morgan fingerprint density at radius 1 is 0.486 bits per heavy atom. The molecule has 0 radical (unpaired) electrons. The molecule has 3 heterocycles. The third-order valence-electron chi connectivity index (χ3n) is 7.63. The van der Waals surface area contributed by atoms with E-state index in [0.717, 1.165) is 22.5 Å². The molecular weight excluding hydrogens is 484 g/mol. The molecule has 4 aromatic rings. The van der Waals surface area contributed by atoms with E-state index in [4.69, 9.17) is 9.68 Å². The van der Waals surface area contributed by atoms with Crippen molar-refractivity contribution in [2.45, 2.75) is 34.8 Å². The fraction of sp³-hybridized carbons (Fsp3) is 0.200. The lowest BCUT2D eigenvalue weighted by Crippen LogP contribution is -2.38. The third kappa shape index (κ3) is 3.49. The first-order valence-corrected chi connectivity index (χ1v) is 14.1. The smallest absolute Gasteiger partial charge is 0.166 e. The SMILES string of the molecule is O=S1(=O)C2C(ON(c3ccccc3)C2c2ccccc2)C2ON(c3ccccc3)C(c3ccccc3)C21. The van der Waals surface area contributed by atoms with E-state index >= 15 is 0 Å². The van der Waals surface area contributed by atoms with Crippen LogP contribution in [0.15, 0.2) is 121 Å². The molecule has 0 aliphatic carbocycles. The topological polar surface area (TPSA) is 59.1 Å². The lowest BCUT2D eigenvalue weighted by atomic mass is 9.94. The number of benzene rings is 4. The molecular formula is C30H26N2O4S. The van der Waals surface area contributed by atoms with Gasteiger partial charge in [-0.1, -0.05) is 97.1 Å². The van der Waals surface area contributed by atoms with E-state index in [1.165, 1.54) is 0 Å². The van der Waals surface area contributed by atoms with E-state index < -0.39 is 44.6 Å². The number of hydroxylamine groups is 2. The van der Waals surface area contributed by atoms with E-state index in [9.17, 15) is 8.42 Å². The minimum Gasteiger partial charge on any atom is -0.265 e. The number of para-hydroxylation sites is 2. The number of sulfone groups is 1. The Morgan fingerprint density at radius 2 is 0.811 bits per heavy atom. The van der Waals surface area contributed by atoms with Crippen molar-refractivity contribution in [1.82, 2.24) is 0 Å². The summed E-state index contributed by atoms with van der Waals surface area (Å²) < 4.78 is 29.1. The van der Waals surface area contributed by atoms with Crippen LogP contribution in [0.25, 0.3) is 0 Å². The van der Waals surface area contributed by atoms with Crippen LogP contribution in [0.3, 0.4) is 0 Å². The van der Waals surface area contributed by atoms with Crippen molar-refractivity contribution < 1.29 is 18.1 Å². The summed E-state index contributed by atoms with van der Waals surface area (Å²) in [5, 5.41) is 2.00. The van der Waals surface area contributed by atoms with Crippen molar-refractivity contribution in [3.8, 4) is 0 Å². The molecule has 0 spiro atoms. The zero-order valence-electron chi connectivity index (χ0n) is 19.9. The maximum atomic E-state index is 14.6. The Hall–Kier alpha value is -3.65. The van der Waals surface area contributed by atoms with Gasteiger partial charge in [-0.05, 0) is 35.4 Å². The summed E-state index contributed by atoms with van der Waals surface area (Å²) in [5.41, 5.74) is 3.43. The molecule has 6 unspecified atom stereocenters. The van der Waals surface area contributed by atoms with Crippen molar-refractivity contribution in [2.24, 2.45) is 0 Å². The highest BCUT2D eigenvalue weighted by molar-refractivity contribution is 7.93. The molecule has 0 bridgehead atoms. The second-order valence-corrected chi connectivity index (χ2v) is 12.0. The highest BCUT2D eigenvalue weighted by atomic mass is 32.2. The Labute approximate surface area is 216 Å². The summed E-state index contributed by atoms with van der Waals surface area (Å²) in [6.45, 7) is 0. The molecule has 186 valence electrons. The molecule has 7 rings (SSSR count). The zero-order valence-corrected chi connectivity index (χ0v) is 20.8. The molecule has 6 nitrogen and oxygen atoms in total. The van der Waals surface area contributed by atoms with Gasteiger partial charge in [0.2, 0.25) is 0 Å². The molecule has 37 heavy (non-hydrogen) atoms. The van der Waals surface area contributed by atoms with E-state index in [1.807, 2.05) is 121 Å². The van der Waals surface area contributed by atoms with Crippen LogP contribution in [0.5, 0.6) is 0 Å². The van der Waals surface area contributed by atoms with Crippen LogP contribution in [0.1, 0.15) is 23.2 Å². The maximum absolute atomic E-state index is 14.6. The summed E-state index contributed by atoms with van der Waals surface area (Å²) in [5.74, 6) is 0. The van der Waals surface area contributed by atoms with Gasteiger partial charge in [0.25, 0.3) is 0 Å². The lowest BCUT2D eigenvalue weighted by molar-refractivity contribution is -0.0289. The molecule has 0 amide bonds. The summed E-state index contributed by atoms with van der Waals surface area (Å²) in [6.07, 6.45) is -1.30. The van der Waals surface area contributed by atoms with Gasteiger partial charge < -0.3 is 0 Å². The van der Waals surface area contributed by atoms with Crippen molar-refractivity contribution in [2.75, 3.05) is 10.1 Å². The molecule has 3 aliphatic heterocycles. The molecule has 3 fully saturated rings. The summed E-state index contributed by atoms with van der Waals surface area (Å²) in [6, 6.07) is 37.9. The van der Waals surface area contributed by atoms with E-state index in [-0.39, 0.29) is 0 Å². The number of hydrogen-bond acceptors (Lipinski definition) is 6. The Bertz CT molecular complexity index is 1380. The monoisotopic (exact) mass is 510 g/mol. The largest absolute Gasteiger partial charge is 0.265 e. The van der Waals surface area contributed by atoms with Crippen molar-refractivity contribution in [1.29, 1.82) is 0 Å². The number of fused-ring (bicyclic) bond motifs is 3. The summed E-state index contributed by atoms with van der Waals surface area (Å²) >= 11 is 0. The molecule has 0 aromatic heterocycles. The van der Waals surface area contributed by atoms with Gasteiger partial charge in [0.05, 0.1) is 11.4 Å². The number of nitrogens with zero attached hydrogens (tertiary/aromatic N) is 2. The average molecular weight is 511 g/mol. The van der Waals surface area contributed by atoms with Gasteiger partial charge in [-0.25, -0.2) is 18.5 Å². The second-order valence-electron chi connectivity index (χ2n) is 9.69.